The molecule has 0 rings (SSSR count). The first-order chi connectivity index (χ1) is 6.50. The SMILES string of the molecule is CCCCCCNC(=O)O.NC(=O)O. The lowest BCUT2D eigenvalue weighted by Gasteiger charge is -1.98. The topological polar surface area (TPSA) is 113 Å². The maximum atomic E-state index is 9.92. The van der Waals surface area contributed by atoms with Crippen molar-refractivity contribution in [3.63, 3.8) is 0 Å². The van der Waals surface area contributed by atoms with Crippen molar-refractivity contribution in [1.82, 2.24) is 5.32 Å². The summed E-state index contributed by atoms with van der Waals surface area (Å²) in [6, 6.07) is 0. The van der Waals surface area contributed by atoms with E-state index in [4.69, 9.17) is 15.0 Å². The fourth-order valence-electron chi connectivity index (χ4n) is 0.747. The van der Waals surface area contributed by atoms with Crippen molar-refractivity contribution in [1.29, 1.82) is 0 Å². The first-order valence-corrected chi connectivity index (χ1v) is 4.45. The third kappa shape index (κ3) is 31.3. The third-order valence-corrected chi connectivity index (χ3v) is 1.31. The van der Waals surface area contributed by atoms with Crippen LogP contribution in [0.3, 0.4) is 0 Å². The van der Waals surface area contributed by atoms with E-state index in [1.54, 1.807) is 0 Å². The molecule has 0 spiro atoms. The molecule has 0 bridgehead atoms. The zero-order valence-corrected chi connectivity index (χ0v) is 8.32. The summed E-state index contributed by atoms with van der Waals surface area (Å²) in [6.07, 6.45) is 2.21. The predicted octanol–water partition coefficient (Wildman–Crippen LogP) is 1.46. The average Bonchev–Trinajstić information content (AvgIpc) is 2.02. The summed E-state index contributed by atoms with van der Waals surface area (Å²) in [5.41, 5.74) is 4.03. The largest absolute Gasteiger partial charge is 0.465 e. The maximum Gasteiger partial charge on any atom is 0.404 e. The Bertz CT molecular complexity index is 157. The second-order valence-corrected chi connectivity index (χ2v) is 2.63. The van der Waals surface area contributed by atoms with E-state index in [0.29, 0.717) is 6.54 Å². The van der Waals surface area contributed by atoms with Gasteiger partial charge in [0.05, 0.1) is 0 Å². The zero-order valence-electron chi connectivity index (χ0n) is 8.32. The highest BCUT2D eigenvalue weighted by atomic mass is 16.4. The first kappa shape index (κ1) is 15.0. The number of rotatable bonds is 5. The summed E-state index contributed by atoms with van der Waals surface area (Å²) in [6.45, 7) is 2.72. The number of amides is 2. The summed E-state index contributed by atoms with van der Waals surface area (Å²) in [4.78, 5) is 18.7. The van der Waals surface area contributed by atoms with E-state index in [1.165, 1.54) is 12.8 Å². The van der Waals surface area contributed by atoms with Crippen molar-refractivity contribution in [2.75, 3.05) is 6.54 Å². The monoisotopic (exact) mass is 206 g/mol. The minimum Gasteiger partial charge on any atom is -0.465 e. The van der Waals surface area contributed by atoms with E-state index in [2.05, 4.69) is 18.0 Å². The molecule has 0 saturated heterocycles. The number of carboxylic acid groups (broad SMARTS) is 2. The highest BCUT2D eigenvalue weighted by molar-refractivity contribution is 5.64. The van der Waals surface area contributed by atoms with Gasteiger partial charge in [0, 0.05) is 6.54 Å². The molecule has 0 aliphatic carbocycles. The summed E-state index contributed by atoms with van der Waals surface area (Å²) < 4.78 is 0. The van der Waals surface area contributed by atoms with Gasteiger partial charge in [-0.1, -0.05) is 26.2 Å². The summed E-state index contributed by atoms with van der Waals surface area (Å²) in [5, 5.41) is 17.7. The molecule has 0 atom stereocenters. The molecule has 0 aliphatic rings. The second-order valence-electron chi connectivity index (χ2n) is 2.63. The van der Waals surface area contributed by atoms with Gasteiger partial charge in [0.1, 0.15) is 0 Å². The van der Waals surface area contributed by atoms with Gasteiger partial charge < -0.3 is 21.3 Å². The van der Waals surface area contributed by atoms with Crippen LogP contribution in [-0.2, 0) is 0 Å². The number of hydrogen-bond donors (Lipinski definition) is 4. The van der Waals surface area contributed by atoms with Crippen LogP contribution in [0.5, 0.6) is 0 Å². The van der Waals surface area contributed by atoms with Gasteiger partial charge in [-0.15, -0.1) is 0 Å². The van der Waals surface area contributed by atoms with Crippen molar-refractivity contribution in [2.24, 2.45) is 5.73 Å². The van der Waals surface area contributed by atoms with Crippen LogP contribution in [0.25, 0.3) is 0 Å². The van der Waals surface area contributed by atoms with Crippen LogP contribution < -0.4 is 11.1 Å². The molecular weight excluding hydrogens is 188 g/mol. The standard InChI is InChI=1S/C7H15NO2.CH3NO2/c1-2-3-4-5-6-8-7(9)10;2-1(3)4/h8H,2-6H2,1H3,(H,9,10);2H2,(H,3,4). The van der Waals surface area contributed by atoms with Crippen LogP contribution in [0.4, 0.5) is 9.59 Å². The molecule has 0 saturated carbocycles. The highest BCUT2D eigenvalue weighted by Crippen LogP contribution is 1.96. The van der Waals surface area contributed by atoms with Crippen molar-refractivity contribution in [3.05, 3.63) is 0 Å². The number of nitrogens with one attached hydrogen (secondary N) is 1. The molecule has 6 heteroatoms. The van der Waals surface area contributed by atoms with Crippen molar-refractivity contribution in [3.8, 4) is 0 Å². The molecule has 5 N–H and O–H groups in total. The van der Waals surface area contributed by atoms with E-state index in [0.717, 1.165) is 12.8 Å². The number of hydrogen-bond acceptors (Lipinski definition) is 2. The molecule has 0 aromatic rings. The van der Waals surface area contributed by atoms with Crippen LogP contribution >= 0.6 is 0 Å². The Morgan fingerprint density at radius 1 is 1.21 bits per heavy atom. The Kier molecular flexibility index (Phi) is 12.4. The lowest BCUT2D eigenvalue weighted by molar-refractivity contribution is 0.194. The molecule has 0 unspecified atom stereocenters. The first-order valence-electron chi connectivity index (χ1n) is 4.45. The summed E-state index contributed by atoms with van der Waals surface area (Å²) >= 11 is 0. The van der Waals surface area contributed by atoms with Crippen LogP contribution in [-0.4, -0.2) is 28.9 Å². The Hall–Kier alpha value is -1.46. The molecular formula is C8H18N2O4. The number of unbranched alkanes of at least 4 members (excludes halogenated alkanes) is 3. The highest BCUT2D eigenvalue weighted by Gasteiger charge is 1.91. The molecule has 0 aromatic carbocycles. The van der Waals surface area contributed by atoms with Crippen LogP contribution in [0.2, 0.25) is 0 Å². The van der Waals surface area contributed by atoms with Gasteiger partial charge in [0.2, 0.25) is 0 Å². The smallest absolute Gasteiger partial charge is 0.404 e. The van der Waals surface area contributed by atoms with Gasteiger partial charge in [-0.3, -0.25) is 0 Å². The van der Waals surface area contributed by atoms with E-state index < -0.39 is 12.2 Å². The minimum absolute atomic E-state index is 0.593. The molecule has 0 aliphatic heterocycles. The van der Waals surface area contributed by atoms with Gasteiger partial charge in [0.15, 0.2) is 0 Å². The van der Waals surface area contributed by atoms with Gasteiger partial charge in [-0.25, -0.2) is 9.59 Å². The summed E-state index contributed by atoms with van der Waals surface area (Å²) in [7, 11) is 0. The van der Waals surface area contributed by atoms with Crippen LogP contribution in [0, 0.1) is 0 Å². The van der Waals surface area contributed by atoms with E-state index in [1.807, 2.05) is 0 Å². The van der Waals surface area contributed by atoms with Gasteiger partial charge in [-0.05, 0) is 6.42 Å². The van der Waals surface area contributed by atoms with E-state index in [-0.39, 0.29) is 0 Å². The minimum atomic E-state index is -1.33. The second kappa shape index (κ2) is 11.5. The van der Waals surface area contributed by atoms with Crippen molar-refractivity contribution >= 4 is 12.2 Å². The molecule has 0 radical (unpaired) electrons. The molecule has 0 fully saturated rings. The fraction of sp³-hybridized carbons (Fsp3) is 0.750. The van der Waals surface area contributed by atoms with Crippen LogP contribution in [0.1, 0.15) is 32.6 Å². The van der Waals surface area contributed by atoms with E-state index >= 15 is 0 Å². The Morgan fingerprint density at radius 3 is 2.07 bits per heavy atom. The lowest BCUT2D eigenvalue weighted by atomic mass is 10.2. The van der Waals surface area contributed by atoms with E-state index in [9.17, 15) is 4.79 Å². The van der Waals surface area contributed by atoms with Gasteiger partial charge in [-0.2, -0.15) is 0 Å². The predicted molar refractivity (Wildman–Crippen MR) is 52.4 cm³/mol. The quantitative estimate of drug-likeness (QED) is 0.510. The Labute approximate surface area is 83.1 Å². The lowest BCUT2D eigenvalue weighted by Crippen LogP contribution is -2.21. The van der Waals surface area contributed by atoms with Gasteiger partial charge in [0.25, 0.3) is 0 Å². The molecule has 0 heterocycles. The molecule has 84 valence electrons. The Balaban J connectivity index is 0. The zero-order chi connectivity index (χ0) is 11.4. The molecule has 0 aromatic heterocycles. The number of nitrogens with two attached hydrogens (primary N) is 1. The Morgan fingerprint density at radius 2 is 1.71 bits per heavy atom. The normalized spacial score (nSPS) is 8.36. The van der Waals surface area contributed by atoms with Crippen LogP contribution in [0.15, 0.2) is 0 Å². The fourth-order valence-corrected chi connectivity index (χ4v) is 0.747. The number of carbonyl (C=O) groups is 2. The average molecular weight is 206 g/mol. The maximum absolute atomic E-state index is 9.92. The van der Waals surface area contributed by atoms with Crippen molar-refractivity contribution < 1.29 is 19.8 Å². The molecule has 6 nitrogen and oxygen atoms in total. The molecule has 14 heavy (non-hydrogen) atoms. The summed E-state index contributed by atoms with van der Waals surface area (Å²) in [5.74, 6) is 0. The van der Waals surface area contributed by atoms with Gasteiger partial charge >= 0.3 is 12.2 Å². The number of primary amides is 1. The molecule has 2 amide bonds. The third-order valence-electron chi connectivity index (χ3n) is 1.31. The van der Waals surface area contributed by atoms with Crippen molar-refractivity contribution in [2.45, 2.75) is 32.6 Å².